The van der Waals surface area contributed by atoms with Gasteiger partial charge in [0.15, 0.2) is 0 Å². The quantitative estimate of drug-likeness (QED) is 0.758. The summed E-state index contributed by atoms with van der Waals surface area (Å²) in [6, 6.07) is 3.84. The lowest BCUT2D eigenvalue weighted by molar-refractivity contribution is 0.0808. The molecule has 0 unspecified atom stereocenters. The van der Waals surface area contributed by atoms with Crippen molar-refractivity contribution in [3.05, 3.63) is 28.8 Å². The molecule has 2 nitrogen and oxygen atoms in total. The highest BCUT2D eigenvalue weighted by molar-refractivity contribution is 5.44. The molecule has 0 aliphatic carbocycles. The van der Waals surface area contributed by atoms with Gasteiger partial charge in [0.05, 0.1) is 5.60 Å². The molecule has 0 heterocycles. The van der Waals surface area contributed by atoms with Crippen molar-refractivity contribution in [1.29, 1.82) is 0 Å². The fraction of sp³-hybridized carbons (Fsp3) is 0.500. The van der Waals surface area contributed by atoms with E-state index in [1.165, 1.54) is 0 Å². The first kappa shape index (κ1) is 11.1. The summed E-state index contributed by atoms with van der Waals surface area (Å²) in [6.07, 6.45) is 0.562. The Kier molecular flexibility index (Phi) is 2.86. The Morgan fingerprint density at radius 3 is 2.29 bits per heavy atom. The van der Waals surface area contributed by atoms with Crippen LogP contribution in [-0.2, 0) is 6.42 Å². The number of aliphatic hydroxyl groups is 1. The van der Waals surface area contributed by atoms with Crippen LogP contribution in [0.3, 0.4) is 0 Å². The molecule has 0 aliphatic rings. The Bertz CT molecular complexity index is 335. The van der Waals surface area contributed by atoms with Crippen molar-refractivity contribution in [2.24, 2.45) is 0 Å². The Morgan fingerprint density at radius 2 is 1.79 bits per heavy atom. The van der Waals surface area contributed by atoms with E-state index in [4.69, 9.17) is 0 Å². The maximum atomic E-state index is 9.70. The first-order valence-electron chi connectivity index (χ1n) is 4.82. The van der Waals surface area contributed by atoms with E-state index in [0.29, 0.717) is 12.2 Å². The van der Waals surface area contributed by atoms with Crippen LogP contribution in [0, 0.1) is 13.8 Å². The minimum absolute atomic E-state index is 0.340. The van der Waals surface area contributed by atoms with Crippen molar-refractivity contribution >= 4 is 0 Å². The lowest BCUT2D eigenvalue weighted by Crippen LogP contribution is -2.22. The molecule has 0 radical (unpaired) electrons. The molecule has 0 fully saturated rings. The van der Waals surface area contributed by atoms with Crippen molar-refractivity contribution in [2.45, 2.75) is 39.7 Å². The second kappa shape index (κ2) is 3.62. The van der Waals surface area contributed by atoms with E-state index in [2.05, 4.69) is 0 Å². The third-order valence-electron chi connectivity index (χ3n) is 2.37. The molecule has 0 saturated heterocycles. The molecule has 2 heteroatoms. The van der Waals surface area contributed by atoms with E-state index in [-0.39, 0.29) is 0 Å². The zero-order valence-corrected chi connectivity index (χ0v) is 9.26. The molecule has 0 spiro atoms. The third kappa shape index (κ3) is 2.48. The summed E-state index contributed by atoms with van der Waals surface area (Å²) in [5.74, 6) is 0.340. The number of rotatable bonds is 2. The maximum absolute atomic E-state index is 9.70. The largest absolute Gasteiger partial charge is 0.507 e. The normalized spacial score (nSPS) is 11.8. The summed E-state index contributed by atoms with van der Waals surface area (Å²) in [7, 11) is 0. The van der Waals surface area contributed by atoms with Gasteiger partial charge in [0.2, 0.25) is 0 Å². The van der Waals surface area contributed by atoms with E-state index in [1.54, 1.807) is 13.8 Å². The van der Waals surface area contributed by atoms with Crippen molar-refractivity contribution in [3.63, 3.8) is 0 Å². The van der Waals surface area contributed by atoms with E-state index in [1.807, 2.05) is 26.0 Å². The summed E-state index contributed by atoms with van der Waals surface area (Å²) in [5.41, 5.74) is 2.02. The lowest BCUT2D eigenvalue weighted by Gasteiger charge is -2.19. The predicted molar refractivity (Wildman–Crippen MR) is 57.6 cm³/mol. The summed E-state index contributed by atoms with van der Waals surface area (Å²) in [5, 5.41) is 19.4. The van der Waals surface area contributed by atoms with Crippen molar-refractivity contribution in [1.82, 2.24) is 0 Å². The van der Waals surface area contributed by atoms with E-state index in [0.717, 1.165) is 16.7 Å². The minimum atomic E-state index is -0.730. The van der Waals surface area contributed by atoms with Gasteiger partial charge in [-0.15, -0.1) is 0 Å². The molecule has 0 aliphatic heterocycles. The van der Waals surface area contributed by atoms with Gasteiger partial charge in [-0.05, 0) is 44.4 Å². The van der Waals surface area contributed by atoms with Crippen LogP contribution in [0.15, 0.2) is 12.1 Å². The highest BCUT2D eigenvalue weighted by atomic mass is 16.3. The van der Waals surface area contributed by atoms with Crippen LogP contribution >= 0.6 is 0 Å². The number of benzene rings is 1. The second-order valence-electron chi connectivity index (χ2n) is 4.50. The summed E-state index contributed by atoms with van der Waals surface area (Å²) >= 11 is 0. The fourth-order valence-electron chi connectivity index (χ4n) is 1.53. The Hall–Kier alpha value is -1.02. The Labute approximate surface area is 85.2 Å². The molecule has 0 amide bonds. The molecule has 1 rings (SSSR count). The van der Waals surface area contributed by atoms with Gasteiger partial charge >= 0.3 is 0 Å². The molecule has 2 N–H and O–H groups in total. The molecule has 0 aromatic heterocycles. The van der Waals surface area contributed by atoms with Crippen LogP contribution in [0.2, 0.25) is 0 Å². The highest BCUT2D eigenvalue weighted by Crippen LogP contribution is 2.26. The predicted octanol–water partition coefficient (Wildman–Crippen LogP) is 2.32. The molecular formula is C12H18O2. The number of phenols is 1. The zero-order valence-electron chi connectivity index (χ0n) is 9.26. The monoisotopic (exact) mass is 194 g/mol. The van der Waals surface area contributed by atoms with Crippen LogP contribution in [0.25, 0.3) is 0 Å². The average molecular weight is 194 g/mol. The molecule has 14 heavy (non-hydrogen) atoms. The van der Waals surface area contributed by atoms with E-state index >= 15 is 0 Å². The SMILES string of the molecule is Cc1ccc(CC(C)(C)O)c(C)c1O. The number of hydrogen-bond donors (Lipinski definition) is 2. The van der Waals surface area contributed by atoms with E-state index < -0.39 is 5.60 Å². The van der Waals surface area contributed by atoms with Gasteiger partial charge in [-0.25, -0.2) is 0 Å². The number of aryl methyl sites for hydroxylation is 1. The molecule has 0 bridgehead atoms. The molecular weight excluding hydrogens is 176 g/mol. The summed E-state index contributed by atoms with van der Waals surface area (Å²) in [4.78, 5) is 0. The van der Waals surface area contributed by atoms with Crippen LogP contribution in [0.4, 0.5) is 0 Å². The number of aromatic hydroxyl groups is 1. The highest BCUT2D eigenvalue weighted by Gasteiger charge is 2.16. The average Bonchev–Trinajstić information content (AvgIpc) is 2.04. The maximum Gasteiger partial charge on any atom is 0.121 e. The van der Waals surface area contributed by atoms with Gasteiger partial charge < -0.3 is 10.2 Å². The first-order chi connectivity index (χ1) is 6.31. The summed E-state index contributed by atoms with van der Waals surface area (Å²) in [6.45, 7) is 7.28. The molecule has 78 valence electrons. The standard InChI is InChI=1S/C12H18O2/c1-8-5-6-10(7-12(3,4)14)9(2)11(8)13/h5-6,13-14H,7H2,1-4H3. The van der Waals surface area contributed by atoms with Crippen molar-refractivity contribution in [2.75, 3.05) is 0 Å². The molecule has 0 saturated carbocycles. The van der Waals surface area contributed by atoms with Gasteiger partial charge in [0.1, 0.15) is 5.75 Å². The molecule has 1 aromatic rings. The first-order valence-corrected chi connectivity index (χ1v) is 4.82. The topological polar surface area (TPSA) is 40.5 Å². The smallest absolute Gasteiger partial charge is 0.121 e. The number of phenolic OH excluding ortho intramolecular Hbond substituents is 1. The van der Waals surface area contributed by atoms with Crippen molar-refractivity contribution < 1.29 is 10.2 Å². The van der Waals surface area contributed by atoms with Gasteiger partial charge in [-0.3, -0.25) is 0 Å². The van der Waals surface area contributed by atoms with Crippen LogP contribution in [0.5, 0.6) is 5.75 Å². The molecule has 1 aromatic carbocycles. The van der Waals surface area contributed by atoms with Crippen molar-refractivity contribution in [3.8, 4) is 5.75 Å². The lowest BCUT2D eigenvalue weighted by atomic mass is 9.94. The van der Waals surface area contributed by atoms with Crippen LogP contribution in [-0.4, -0.2) is 15.8 Å². The third-order valence-corrected chi connectivity index (χ3v) is 2.37. The van der Waals surface area contributed by atoms with Gasteiger partial charge in [-0.1, -0.05) is 12.1 Å². The Balaban J connectivity index is 3.06. The summed E-state index contributed by atoms with van der Waals surface area (Å²) < 4.78 is 0. The number of hydrogen-bond acceptors (Lipinski definition) is 2. The van der Waals surface area contributed by atoms with Crippen LogP contribution < -0.4 is 0 Å². The zero-order chi connectivity index (χ0) is 10.9. The van der Waals surface area contributed by atoms with Gasteiger partial charge in [0.25, 0.3) is 0 Å². The van der Waals surface area contributed by atoms with Gasteiger partial charge in [-0.2, -0.15) is 0 Å². The van der Waals surface area contributed by atoms with Crippen LogP contribution in [0.1, 0.15) is 30.5 Å². The fourth-order valence-corrected chi connectivity index (χ4v) is 1.53. The Morgan fingerprint density at radius 1 is 1.21 bits per heavy atom. The van der Waals surface area contributed by atoms with Gasteiger partial charge in [0, 0.05) is 6.42 Å². The van der Waals surface area contributed by atoms with E-state index in [9.17, 15) is 10.2 Å². The molecule has 0 atom stereocenters. The minimum Gasteiger partial charge on any atom is -0.507 e. The second-order valence-corrected chi connectivity index (χ2v) is 4.50.